The molecule has 0 aliphatic heterocycles. The molecule has 0 fully saturated rings. The molecule has 1 aromatic heterocycles. The molecule has 0 bridgehead atoms. The molecule has 28 heavy (non-hydrogen) atoms. The normalized spacial score (nSPS) is 10.6. The van der Waals surface area contributed by atoms with Crippen LogP contribution in [0.2, 0.25) is 0 Å². The van der Waals surface area contributed by atoms with Crippen molar-refractivity contribution in [2.75, 3.05) is 13.7 Å². The van der Waals surface area contributed by atoms with Gasteiger partial charge in [0.2, 0.25) is 0 Å². The highest BCUT2D eigenvalue weighted by molar-refractivity contribution is 5.99. The number of carbonyl (C=O) groups excluding carboxylic acids is 2. The van der Waals surface area contributed by atoms with Gasteiger partial charge in [-0.3, -0.25) is 0 Å². The Morgan fingerprint density at radius 1 is 0.893 bits per heavy atom. The zero-order valence-corrected chi connectivity index (χ0v) is 16.5. The summed E-state index contributed by atoms with van der Waals surface area (Å²) in [6, 6.07) is 16.7. The van der Waals surface area contributed by atoms with Crippen LogP contribution in [0.3, 0.4) is 0 Å². The highest BCUT2D eigenvalue weighted by atomic mass is 16.5. The number of hydrogen-bond acceptors (Lipinski definition) is 4. The van der Waals surface area contributed by atoms with Gasteiger partial charge in [0.25, 0.3) is 0 Å². The molecule has 0 atom stereocenters. The van der Waals surface area contributed by atoms with E-state index in [0.29, 0.717) is 23.3 Å². The Labute approximate surface area is 164 Å². The number of aromatic nitrogens is 1. The van der Waals surface area contributed by atoms with Crippen LogP contribution in [0.25, 0.3) is 16.8 Å². The third kappa shape index (κ3) is 3.56. The van der Waals surface area contributed by atoms with Crippen LogP contribution >= 0.6 is 0 Å². The first-order valence-electron chi connectivity index (χ1n) is 9.12. The number of rotatable bonds is 5. The average molecular weight is 377 g/mol. The standard InChI is InChI=1S/C23H23NO4/c1-5-28-23(26)19-9-7-6-8-18(19)17-12-13-21(20(14-17)22(25)27-4)24-15(2)10-11-16(24)3/h6-14H,5H2,1-4H3. The van der Waals surface area contributed by atoms with Gasteiger partial charge in [-0.15, -0.1) is 0 Å². The lowest BCUT2D eigenvalue weighted by Gasteiger charge is -2.16. The third-order valence-electron chi connectivity index (χ3n) is 4.65. The molecule has 5 nitrogen and oxygen atoms in total. The third-order valence-corrected chi connectivity index (χ3v) is 4.65. The Morgan fingerprint density at radius 3 is 2.21 bits per heavy atom. The van der Waals surface area contributed by atoms with Crippen LogP contribution in [0.1, 0.15) is 39.0 Å². The predicted octanol–water partition coefficient (Wildman–Crippen LogP) is 4.72. The molecule has 0 radical (unpaired) electrons. The summed E-state index contributed by atoms with van der Waals surface area (Å²) in [6.07, 6.45) is 0. The monoisotopic (exact) mass is 377 g/mol. The minimum Gasteiger partial charge on any atom is -0.465 e. The molecule has 0 saturated heterocycles. The van der Waals surface area contributed by atoms with E-state index in [1.54, 1.807) is 25.1 Å². The quantitative estimate of drug-likeness (QED) is 0.604. The zero-order chi connectivity index (χ0) is 20.3. The second-order valence-electron chi connectivity index (χ2n) is 6.44. The molecule has 144 valence electrons. The fourth-order valence-electron chi connectivity index (χ4n) is 3.34. The molecule has 0 unspecified atom stereocenters. The lowest BCUT2D eigenvalue weighted by atomic mass is 9.97. The molecular weight excluding hydrogens is 354 g/mol. The summed E-state index contributed by atoms with van der Waals surface area (Å²) < 4.78 is 12.2. The maximum atomic E-state index is 12.5. The Hall–Kier alpha value is -3.34. The van der Waals surface area contributed by atoms with E-state index >= 15 is 0 Å². The maximum Gasteiger partial charge on any atom is 0.340 e. The fraction of sp³-hybridized carbons (Fsp3) is 0.217. The van der Waals surface area contributed by atoms with Gasteiger partial charge in [-0.1, -0.05) is 24.3 Å². The Morgan fingerprint density at radius 2 is 1.57 bits per heavy atom. The van der Waals surface area contributed by atoms with Crippen LogP contribution in [-0.4, -0.2) is 30.2 Å². The highest BCUT2D eigenvalue weighted by Gasteiger charge is 2.19. The van der Waals surface area contributed by atoms with Gasteiger partial charge in [-0.05, 0) is 62.2 Å². The molecule has 0 spiro atoms. The Bertz CT molecular complexity index is 1010. The molecule has 0 aliphatic rings. The van der Waals surface area contributed by atoms with Gasteiger partial charge in [-0.2, -0.15) is 0 Å². The molecule has 0 saturated carbocycles. The van der Waals surface area contributed by atoms with E-state index in [0.717, 1.165) is 22.6 Å². The second kappa shape index (κ2) is 8.13. The van der Waals surface area contributed by atoms with Crippen molar-refractivity contribution in [2.45, 2.75) is 20.8 Å². The first kappa shape index (κ1) is 19.4. The minimum absolute atomic E-state index is 0.297. The molecule has 3 rings (SSSR count). The van der Waals surface area contributed by atoms with Crippen molar-refractivity contribution in [1.82, 2.24) is 4.57 Å². The molecule has 2 aromatic carbocycles. The molecule has 5 heteroatoms. The van der Waals surface area contributed by atoms with E-state index in [1.807, 2.05) is 54.8 Å². The molecular formula is C23H23NO4. The van der Waals surface area contributed by atoms with Crippen molar-refractivity contribution in [3.63, 3.8) is 0 Å². The smallest absolute Gasteiger partial charge is 0.340 e. The zero-order valence-electron chi connectivity index (χ0n) is 16.5. The van der Waals surface area contributed by atoms with E-state index in [4.69, 9.17) is 9.47 Å². The second-order valence-corrected chi connectivity index (χ2v) is 6.44. The van der Waals surface area contributed by atoms with Gasteiger partial charge in [-0.25, -0.2) is 9.59 Å². The van der Waals surface area contributed by atoms with Crippen molar-refractivity contribution in [2.24, 2.45) is 0 Å². The summed E-state index contributed by atoms with van der Waals surface area (Å²) in [5, 5.41) is 0. The van der Waals surface area contributed by atoms with Crippen LogP contribution < -0.4 is 0 Å². The average Bonchev–Trinajstić information content (AvgIpc) is 3.05. The Balaban J connectivity index is 2.19. The molecule has 0 aliphatic carbocycles. The summed E-state index contributed by atoms with van der Waals surface area (Å²) in [4.78, 5) is 24.9. The fourth-order valence-corrected chi connectivity index (χ4v) is 3.34. The van der Waals surface area contributed by atoms with Crippen molar-refractivity contribution in [3.8, 4) is 16.8 Å². The highest BCUT2D eigenvalue weighted by Crippen LogP contribution is 2.29. The first-order chi connectivity index (χ1) is 13.5. The summed E-state index contributed by atoms with van der Waals surface area (Å²) in [6.45, 7) is 6.04. The minimum atomic E-state index is -0.432. The summed E-state index contributed by atoms with van der Waals surface area (Å²) in [5.74, 6) is -0.822. The molecule has 0 amide bonds. The van der Waals surface area contributed by atoms with Crippen LogP contribution in [0.5, 0.6) is 0 Å². The molecule has 0 N–H and O–H groups in total. The number of carbonyl (C=O) groups is 2. The van der Waals surface area contributed by atoms with E-state index in [-0.39, 0.29) is 5.97 Å². The van der Waals surface area contributed by atoms with E-state index < -0.39 is 5.97 Å². The first-order valence-corrected chi connectivity index (χ1v) is 9.12. The van der Waals surface area contributed by atoms with E-state index in [2.05, 4.69) is 0 Å². The number of aryl methyl sites for hydroxylation is 2. The summed E-state index contributed by atoms with van der Waals surface area (Å²) in [5.41, 5.74) is 5.12. The molecule has 1 heterocycles. The van der Waals surface area contributed by atoms with Crippen LogP contribution in [0.15, 0.2) is 54.6 Å². The molecule has 3 aromatic rings. The van der Waals surface area contributed by atoms with Gasteiger partial charge in [0.05, 0.1) is 30.5 Å². The van der Waals surface area contributed by atoms with E-state index in [1.165, 1.54) is 7.11 Å². The van der Waals surface area contributed by atoms with Crippen molar-refractivity contribution in [3.05, 3.63) is 77.1 Å². The van der Waals surface area contributed by atoms with Gasteiger partial charge < -0.3 is 14.0 Å². The Kier molecular flexibility index (Phi) is 5.64. The number of benzene rings is 2. The van der Waals surface area contributed by atoms with Crippen LogP contribution in [-0.2, 0) is 9.47 Å². The van der Waals surface area contributed by atoms with Crippen molar-refractivity contribution in [1.29, 1.82) is 0 Å². The van der Waals surface area contributed by atoms with Crippen molar-refractivity contribution < 1.29 is 19.1 Å². The number of esters is 2. The lowest BCUT2D eigenvalue weighted by Crippen LogP contribution is -2.11. The van der Waals surface area contributed by atoms with Crippen LogP contribution in [0.4, 0.5) is 0 Å². The topological polar surface area (TPSA) is 57.5 Å². The number of ether oxygens (including phenoxy) is 2. The number of methoxy groups -OCH3 is 1. The van der Waals surface area contributed by atoms with Crippen molar-refractivity contribution >= 4 is 11.9 Å². The van der Waals surface area contributed by atoms with Gasteiger partial charge >= 0.3 is 11.9 Å². The predicted molar refractivity (Wildman–Crippen MR) is 108 cm³/mol. The number of hydrogen-bond donors (Lipinski definition) is 0. The maximum absolute atomic E-state index is 12.5. The van der Waals surface area contributed by atoms with E-state index in [9.17, 15) is 9.59 Å². The van der Waals surface area contributed by atoms with Gasteiger partial charge in [0.1, 0.15) is 0 Å². The van der Waals surface area contributed by atoms with Gasteiger partial charge in [0, 0.05) is 11.4 Å². The van der Waals surface area contributed by atoms with Gasteiger partial charge in [0.15, 0.2) is 0 Å². The lowest BCUT2D eigenvalue weighted by molar-refractivity contribution is 0.0526. The number of nitrogens with zero attached hydrogens (tertiary/aromatic N) is 1. The SMILES string of the molecule is CCOC(=O)c1ccccc1-c1ccc(-n2c(C)ccc2C)c(C(=O)OC)c1. The summed E-state index contributed by atoms with van der Waals surface area (Å²) in [7, 11) is 1.36. The largest absolute Gasteiger partial charge is 0.465 e. The van der Waals surface area contributed by atoms with Crippen LogP contribution in [0, 0.1) is 13.8 Å². The summed E-state index contributed by atoms with van der Waals surface area (Å²) >= 11 is 0.